The zero-order chi connectivity index (χ0) is 11.0. The van der Waals surface area contributed by atoms with Crippen molar-refractivity contribution < 1.29 is 0 Å². The molecule has 3 rings (SSSR count). The van der Waals surface area contributed by atoms with Crippen molar-refractivity contribution in [3.05, 3.63) is 24.3 Å². The highest BCUT2D eigenvalue weighted by Crippen LogP contribution is 2.17. The van der Waals surface area contributed by atoms with Gasteiger partial charge in [0.1, 0.15) is 0 Å². The van der Waals surface area contributed by atoms with Crippen LogP contribution in [0.4, 0.5) is 5.95 Å². The molecule has 0 unspecified atom stereocenters. The van der Waals surface area contributed by atoms with E-state index >= 15 is 0 Å². The maximum absolute atomic E-state index is 4.61. The number of nitrogens with one attached hydrogen (secondary N) is 2. The van der Waals surface area contributed by atoms with Crippen LogP contribution >= 0.6 is 0 Å². The summed E-state index contributed by atoms with van der Waals surface area (Å²) in [5.41, 5.74) is 2.16. The second-order valence-electron chi connectivity index (χ2n) is 4.38. The van der Waals surface area contributed by atoms with Gasteiger partial charge in [0, 0.05) is 25.7 Å². The molecule has 0 amide bonds. The lowest BCUT2D eigenvalue weighted by molar-refractivity contribution is 0.480. The van der Waals surface area contributed by atoms with E-state index in [1.54, 1.807) is 0 Å². The van der Waals surface area contributed by atoms with E-state index in [-0.39, 0.29) is 0 Å². The average Bonchev–Trinajstić information content (AvgIpc) is 2.72. The van der Waals surface area contributed by atoms with Crippen LogP contribution in [0.25, 0.3) is 11.0 Å². The van der Waals surface area contributed by atoms with Gasteiger partial charge in [-0.1, -0.05) is 12.1 Å². The van der Waals surface area contributed by atoms with Crippen LogP contribution in [-0.4, -0.2) is 35.6 Å². The number of hydrogen-bond donors (Lipinski definition) is 2. The number of imidazole rings is 1. The number of anilines is 1. The fraction of sp³-hybridized carbons (Fsp3) is 0.417. The van der Waals surface area contributed by atoms with Gasteiger partial charge in [0.05, 0.1) is 11.0 Å². The van der Waals surface area contributed by atoms with E-state index in [1.807, 2.05) is 18.2 Å². The van der Waals surface area contributed by atoms with E-state index in [4.69, 9.17) is 0 Å². The number of rotatable bonds is 1. The zero-order valence-corrected chi connectivity index (χ0v) is 9.40. The van der Waals surface area contributed by atoms with Crippen molar-refractivity contribution in [1.29, 1.82) is 0 Å². The molecule has 1 aromatic heterocycles. The largest absolute Gasteiger partial charge is 0.340 e. The zero-order valence-electron chi connectivity index (χ0n) is 9.40. The number of hydrogen-bond acceptors (Lipinski definition) is 3. The molecule has 0 bridgehead atoms. The molecule has 0 radical (unpaired) electrons. The number of fused-ring (bicyclic) bond motifs is 1. The Hall–Kier alpha value is -1.55. The summed E-state index contributed by atoms with van der Waals surface area (Å²) in [6, 6.07) is 8.69. The van der Waals surface area contributed by atoms with Gasteiger partial charge in [-0.25, -0.2) is 4.98 Å². The summed E-state index contributed by atoms with van der Waals surface area (Å²) in [5.74, 6) is 0.995. The first-order valence-electron chi connectivity index (χ1n) is 5.76. The lowest BCUT2D eigenvalue weighted by Crippen LogP contribution is -2.49. The van der Waals surface area contributed by atoms with E-state index < -0.39 is 0 Å². The summed E-state index contributed by atoms with van der Waals surface area (Å²) in [6.45, 7) is 5.26. The average molecular weight is 216 g/mol. The first-order valence-corrected chi connectivity index (χ1v) is 5.76. The van der Waals surface area contributed by atoms with Crippen LogP contribution in [0.5, 0.6) is 0 Å². The van der Waals surface area contributed by atoms with Crippen molar-refractivity contribution in [3.8, 4) is 0 Å². The van der Waals surface area contributed by atoms with Crippen LogP contribution in [0.15, 0.2) is 24.3 Å². The predicted molar refractivity (Wildman–Crippen MR) is 65.8 cm³/mol. The molecule has 2 N–H and O–H groups in total. The van der Waals surface area contributed by atoms with Crippen molar-refractivity contribution in [2.24, 2.45) is 0 Å². The highest BCUT2D eigenvalue weighted by Gasteiger charge is 2.18. The second-order valence-corrected chi connectivity index (χ2v) is 4.38. The van der Waals surface area contributed by atoms with Crippen LogP contribution in [0.3, 0.4) is 0 Å². The normalized spacial score (nSPS) is 21.6. The third kappa shape index (κ3) is 1.65. The molecule has 1 saturated heterocycles. The number of nitrogens with zero attached hydrogens (tertiary/aromatic N) is 2. The summed E-state index contributed by atoms with van der Waals surface area (Å²) in [4.78, 5) is 10.3. The molecule has 1 aromatic carbocycles. The molecule has 2 heterocycles. The van der Waals surface area contributed by atoms with E-state index in [0.717, 1.165) is 36.6 Å². The number of aromatic nitrogens is 2. The molecular weight excluding hydrogens is 200 g/mol. The maximum Gasteiger partial charge on any atom is 0.203 e. The molecular formula is C12H16N4. The summed E-state index contributed by atoms with van der Waals surface area (Å²) in [7, 11) is 0. The fourth-order valence-electron chi connectivity index (χ4n) is 2.21. The van der Waals surface area contributed by atoms with Crippen LogP contribution in [0.1, 0.15) is 6.92 Å². The molecule has 1 atom stereocenters. The third-order valence-corrected chi connectivity index (χ3v) is 3.05. The van der Waals surface area contributed by atoms with Gasteiger partial charge >= 0.3 is 0 Å². The number of benzene rings is 1. The Kier molecular flexibility index (Phi) is 2.29. The minimum Gasteiger partial charge on any atom is -0.340 e. The van der Waals surface area contributed by atoms with Crippen molar-refractivity contribution in [2.75, 3.05) is 24.5 Å². The Bertz CT molecular complexity index is 457. The highest BCUT2D eigenvalue weighted by molar-refractivity contribution is 5.77. The Morgan fingerprint density at radius 2 is 2.25 bits per heavy atom. The minimum atomic E-state index is 0.530. The topological polar surface area (TPSA) is 44.0 Å². The van der Waals surface area contributed by atoms with Gasteiger partial charge in [0.2, 0.25) is 5.95 Å². The second kappa shape index (κ2) is 3.79. The monoisotopic (exact) mass is 216 g/mol. The summed E-state index contributed by atoms with van der Waals surface area (Å²) >= 11 is 0. The molecule has 16 heavy (non-hydrogen) atoms. The number of para-hydroxylation sites is 2. The van der Waals surface area contributed by atoms with Crippen LogP contribution in [-0.2, 0) is 0 Å². The molecule has 4 heteroatoms. The minimum absolute atomic E-state index is 0.530. The molecule has 1 aliphatic rings. The Morgan fingerprint density at radius 3 is 3.06 bits per heavy atom. The van der Waals surface area contributed by atoms with Crippen molar-refractivity contribution >= 4 is 17.0 Å². The Morgan fingerprint density at radius 1 is 1.38 bits per heavy atom. The van der Waals surface area contributed by atoms with Crippen molar-refractivity contribution in [3.63, 3.8) is 0 Å². The van der Waals surface area contributed by atoms with E-state index in [0.29, 0.717) is 6.04 Å². The third-order valence-electron chi connectivity index (χ3n) is 3.05. The first-order chi connectivity index (χ1) is 7.83. The summed E-state index contributed by atoms with van der Waals surface area (Å²) < 4.78 is 0. The van der Waals surface area contributed by atoms with Gasteiger partial charge in [0.25, 0.3) is 0 Å². The van der Waals surface area contributed by atoms with E-state index in [9.17, 15) is 0 Å². The van der Waals surface area contributed by atoms with E-state index in [1.165, 1.54) is 0 Å². The summed E-state index contributed by atoms with van der Waals surface area (Å²) in [6.07, 6.45) is 0. The van der Waals surface area contributed by atoms with Crippen LogP contribution in [0.2, 0.25) is 0 Å². The van der Waals surface area contributed by atoms with Gasteiger partial charge in [-0.3, -0.25) is 0 Å². The molecule has 84 valence electrons. The van der Waals surface area contributed by atoms with Gasteiger partial charge in [-0.05, 0) is 19.1 Å². The van der Waals surface area contributed by atoms with Crippen LogP contribution < -0.4 is 10.2 Å². The number of H-pyrrole nitrogens is 1. The quantitative estimate of drug-likeness (QED) is 0.756. The van der Waals surface area contributed by atoms with E-state index in [2.05, 4.69) is 33.2 Å². The number of piperazine rings is 1. The van der Waals surface area contributed by atoms with Crippen LogP contribution in [0, 0.1) is 0 Å². The Balaban J connectivity index is 1.93. The fourth-order valence-corrected chi connectivity index (χ4v) is 2.21. The predicted octanol–water partition coefficient (Wildman–Crippen LogP) is 1.36. The first kappa shape index (κ1) is 9.66. The summed E-state index contributed by atoms with van der Waals surface area (Å²) in [5, 5.41) is 3.43. The lowest BCUT2D eigenvalue weighted by atomic mass is 10.2. The molecule has 0 aliphatic carbocycles. The SMILES string of the molecule is C[C@H]1CN(c2nc3ccccc3[nH]2)CCN1. The molecule has 0 spiro atoms. The van der Waals surface area contributed by atoms with Gasteiger partial charge in [0.15, 0.2) is 0 Å². The lowest BCUT2D eigenvalue weighted by Gasteiger charge is -2.31. The highest BCUT2D eigenvalue weighted by atomic mass is 15.3. The maximum atomic E-state index is 4.61. The smallest absolute Gasteiger partial charge is 0.203 e. The van der Waals surface area contributed by atoms with Gasteiger partial charge in [-0.2, -0.15) is 0 Å². The molecule has 1 fully saturated rings. The molecule has 4 nitrogen and oxygen atoms in total. The molecule has 2 aromatic rings. The number of aromatic amines is 1. The van der Waals surface area contributed by atoms with Gasteiger partial charge < -0.3 is 15.2 Å². The molecule has 1 aliphatic heterocycles. The Labute approximate surface area is 94.7 Å². The van der Waals surface area contributed by atoms with Crippen molar-refractivity contribution in [1.82, 2.24) is 15.3 Å². The standard InChI is InChI=1S/C12H16N4/c1-9-8-16(7-6-13-9)12-14-10-4-2-3-5-11(10)15-12/h2-5,9,13H,6-8H2,1H3,(H,14,15)/t9-/m0/s1. The van der Waals surface area contributed by atoms with Crippen molar-refractivity contribution in [2.45, 2.75) is 13.0 Å². The molecule has 0 saturated carbocycles. The van der Waals surface area contributed by atoms with Gasteiger partial charge in [-0.15, -0.1) is 0 Å².